The Morgan fingerprint density at radius 1 is 1.00 bits per heavy atom. The number of carbonyl (C=O) groups is 3. The molecule has 0 aliphatic carbocycles. The van der Waals surface area contributed by atoms with E-state index in [1.807, 2.05) is 5.38 Å². The quantitative estimate of drug-likeness (QED) is 0.250. The summed E-state index contributed by atoms with van der Waals surface area (Å²) in [4.78, 5) is 51.0. The fourth-order valence-electron chi connectivity index (χ4n) is 4.34. The number of thiazole rings is 1. The largest absolute Gasteiger partial charge is 0.444 e. The zero-order valence-electron chi connectivity index (χ0n) is 24.8. The molecular formula is C30H39N7O5S. The van der Waals surface area contributed by atoms with Crippen molar-refractivity contribution in [2.24, 2.45) is 0 Å². The van der Waals surface area contributed by atoms with E-state index in [-0.39, 0.29) is 11.7 Å². The first-order chi connectivity index (χ1) is 20.7. The number of benzene rings is 1. The number of carbonyl (C=O) groups excluding carboxylic acids is 3. The fraction of sp³-hybridized carbons (Fsp3) is 0.433. The molecule has 1 fully saturated rings. The lowest BCUT2D eigenvalue weighted by atomic mass is 10.2. The number of anilines is 3. The van der Waals surface area contributed by atoms with Crippen molar-refractivity contribution >= 4 is 45.9 Å². The Balaban J connectivity index is 1.35. The number of ether oxygens (including phenoxy) is 2. The van der Waals surface area contributed by atoms with Crippen LogP contribution >= 0.6 is 11.3 Å². The van der Waals surface area contributed by atoms with Crippen LogP contribution in [0.25, 0.3) is 0 Å². The zero-order valence-corrected chi connectivity index (χ0v) is 25.6. The number of unbranched alkanes of at least 4 members (excludes halogenated alkanes) is 1. The molecule has 3 heterocycles. The van der Waals surface area contributed by atoms with Gasteiger partial charge in [-0.05, 0) is 63.9 Å². The van der Waals surface area contributed by atoms with E-state index in [0.717, 1.165) is 51.3 Å². The van der Waals surface area contributed by atoms with Gasteiger partial charge in [0.1, 0.15) is 11.3 Å². The summed E-state index contributed by atoms with van der Waals surface area (Å²) in [6.45, 7) is 10.6. The van der Waals surface area contributed by atoms with Crippen LogP contribution in [0.5, 0.6) is 0 Å². The normalized spacial score (nSPS) is 13.7. The highest BCUT2D eigenvalue weighted by atomic mass is 32.1. The lowest BCUT2D eigenvalue weighted by Gasteiger charge is -2.27. The minimum absolute atomic E-state index is 0.195. The van der Waals surface area contributed by atoms with Crippen molar-refractivity contribution in [3.63, 3.8) is 0 Å². The second-order valence-corrected chi connectivity index (χ2v) is 11.9. The minimum atomic E-state index is -0.659. The molecule has 1 aliphatic rings. The van der Waals surface area contributed by atoms with Gasteiger partial charge in [0.05, 0.1) is 24.6 Å². The number of hydrogen-bond donors (Lipinski definition) is 3. The van der Waals surface area contributed by atoms with E-state index in [1.54, 1.807) is 74.5 Å². The number of urea groups is 1. The first-order valence-electron chi connectivity index (χ1n) is 14.3. The molecule has 1 aliphatic heterocycles. The molecule has 3 aromatic rings. The van der Waals surface area contributed by atoms with Crippen molar-refractivity contribution in [2.75, 3.05) is 55.3 Å². The van der Waals surface area contributed by atoms with Crippen molar-refractivity contribution < 1.29 is 23.9 Å². The maximum absolute atomic E-state index is 13.1. The lowest BCUT2D eigenvalue weighted by molar-refractivity contribution is 0.0370. The summed E-state index contributed by atoms with van der Waals surface area (Å²) in [7, 11) is 0. The summed E-state index contributed by atoms with van der Waals surface area (Å²) in [5.74, 6) is -0.438. The highest BCUT2D eigenvalue weighted by molar-refractivity contribution is 7.13. The van der Waals surface area contributed by atoms with Gasteiger partial charge >= 0.3 is 12.1 Å². The van der Waals surface area contributed by atoms with Gasteiger partial charge in [-0.15, -0.1) is 11.3 Å². The van der Waals surface area contributed by atoms with E-state index < -0.39 is 17.6 Å². The fourth-order valence-corrected chi connectivity index (χ4v) is 4.86. The van der Waals surface area contributed by atoms with Gasteiger partial charge in [0.2, 0.25) is 0 Å². The van der Waals surface area contributed by atoms with E-state index in [0.29, 0.717) is 29.6 Å². The van der Waals surface area contributed by atoms with Crippen LogP contribution in [0.3, 0.4) is 0 Å². The van der Waals surface area contributed by atoms with Gasteiger partial charge in [-0.25, -0.2) is 14.6 Å². The Hall–Kier alpha value is -4.07. The summed E-state index contributed by atoms with van der Waals surface area (Å²) in [5.41, 5.74) is 1.13. The smallest absolute Gasteiger partial charge is 0.412 e. The maximum atomic E-state index is 13.1. The lowest BCUT2D eigenvalue weighted by Crippen LogP contribution is -2.38. The number of pyridine rings is 1. The van der Waals surface area contributed by atoms with Crippen LogP contribution in [0.2, 0.25) is 0 Å². The van der Waals surface area contributed by atoms with Crippen LogP contribution in [0.1, 0.15) is 49.7 Å². The molecule has 2 aromatic heterocycles. The summed E-state index contributed by atoms with van der Waals surface area (Å²) in [6.07, 6.45) is 4.42. The SMILES string of the molecule is CC(C)(C)OC(=O)Nc1ccccc1NC(=O)c1ccc(CN(CCCCN2CCOCC2)C(=O)Nc2nccs2)cn1. The van der Waals surface area contributed by atoms with Gasteiger partial charge in [-0.1, -0.05) is 18.2 Å². The predicted octanol–water partition coefficient (Wildman–Crippen LogP) is 5.28. The molecule has 1 aromatic carbocycles. The van der Waals surface area contributed by atoms with Crippen molar-refractivity contribution in [2.45, 2.75) is 45.8 Å². The highest BCUT2D eigenvalue weighted by Crippen LogP contribution is 2.23. The number of nitrogens with zero attached hydrogens (tertiary/aromatic N) is 4. The molecule has 4 amide bonds. The highest BCUT2D eigenvalue weighted by Gasteiger charge is 2.19. The molecule has 0 atom stereocenters. The van der Waals surface area contributed by atoms with E-state index in [9.17, 15) is 14.4 Å². The Morgan fingerprint density at radius 2 is 1.74 bits per heavy atom. The molecular weight excluding hydrogens is 570 g/mol. The van der Waals surface area contributed by atoms with Crippen LogP contribution in [-0.2, 0) is 16.0 Å². The molecule has 230 valence electrons. The average molecular weight is 610 g/mol. The second kappa shape index (κ2) is 15.4. The number of nitrogens with one attached hydrogen (secondary N) is 3. The Kier molecular flexibility index (Phi) is 11.4. The number of para-hydroxylation sites is 2. The first-order valence-corrected chi connectivity index (χ1v) is 15.1. The Bertz CT molecular complexity index is 1340. The van der Waals surface area contributed by atoms with Gasteiger partial charge in [-0.2, -0.15) is 0 Å². The maximum Gasteiger partial charge on any atom is 0.412 e. The number of aromatic nitrogens is 2. The van der Waals surface area contributed by atoms with Crippen LogP contribution < -0.4 is 16.0 Å². The first kappa shape index (κ1) is 31.9. The van der Waals surface area contributed by atoms with E-state index in [4.69, 9.17) is 9.47 Å². The summed E-state index contributed by atoms with van der Waals surface area (Å²) < 4.78 is 10.7. The summed E-state index contributed by atoms with van der Waals surface area (Å²) >= 11 is 1.36. The van der Waals surface area contributed by atoms with Crippen LogP contribution in [-0.4, -0.2) is 82.8 Å². The number of rotatable bonds is 11. The van der Waals surface area contributed by atoms with Crippen molar-refractivity contribution in [1.29, 1.82) is 0 Å². The van der Waals surface area contributed by atoms with Gasteiger partial charge in [0.15, 0.2) is 5.13 Å². The molecule has 43 heavy (non-hydrogen) atoms. The minimum Gasteiger partial charge on any atom is -0.444 e. The van der Waals surface area contributed by atoms with Crippen molar-refractivity contribution in [3.8, 4) is 0 Å². The molecule has 1 saturated heterocycles. The summed E-state index contributed by atoms with van der Waals surface area (Å²) in [6, 6.07) is 10.00. The Morgan fingerprint density at radius 3 is 2.40 bits per heavy atom. The van der Waals surface area contributed by atoms with E-state index >= 15 is 0 Å². The Labute approximate surface area is 255 Å². The molecule has 0 unspecified atom stereocenters. The molecule has 3 N–H and O–H groups in total. The van der Waals surface area contributed by atoms with Gasteiger partial charge in [-0.3, -0.25) is 25.3 Å². The second-order valence-electron chi connectivity index (χ2n) is 11.0. The van der Waals surface area contributed by atoms with Crippen LogP contribution in [0.15, 0.2) is 54.2 Å². The summed E-state index contributed by atoms with van der Waals surface area (Å²) in [5, 5.41) is 10.7. The van der Waals surface area contributed by atoms with Crippen molar-refractivity contribution in [3.05, 3.63) is 65.4 Å². The molecule has 0 bridgehead atoms. The van der Waals surface area contributed by atoms with Crippen molar-refractivity contribution in [1.82, 2.24) is 19.8 Å². The van der Waals surface area contributed by atoms with E-state index in [2.05, 4.69) is 30.8 Å². The molecule has 0 saturated carbocycles. The molecule has 12 nitrogen and oxygen atoms in total. The average Bonchev–Trinajstić information content (AvgIpc) is 3.48. The number of amides is 4. The molecule has 0 radical (unpaired) electrons. The van der Waals surface area contributed by atoms with E-state index in [1.165, 1.54) is 11.3 Å². The van der Waals surface area contributed by atoms with Crippen LogP contribution in [0.4, 0.5) is 26.1 Å². The molecule has 4 rings (SSSR count). The zero-order chi connectivity index (χ0) is 30.7. The standard InChI is InChI=1S/C30H39N7O5S/c1-30(2,3)42-29(40)34-24-9-5-4-8-23(24)33-26(38)25-11-10-22(20-32-25)21-37(28(39)35-27-31-12-19-43-27)14-7-6-13-36-15-17-41-18-16-36/h4-5,8-12,19-20H,6-7,13-18,21H2,1-3H3,(H,33,38)(H,34,40)(H,31,35,39). The van der Waals surface area contributed by atoms with Gasteiger partial charge < -0.3 is 19.7 Å². The van der Waals surface area contributed by atoms with Crippen LogP contribution in [0, 0.1) is 0 Å². The monoisotopic (exact) mass is 609 g/mol. The molecule has 13 heteroatoms. The van der Waals surface area contributed by atoms with Gasteiger partial charge in [0, 0.05) is 44.0 Å². The third-order valence-electron chi connectivity index (χ3n) is 6.43. The third kappa shape index (κ3) is 10.6. The topological polar surface area (TPSA) is 138 Å². The predicted molar refractivity (Wildman–Crippen MR) is 167 cm³/mol. The third-order valence-corrected chi connectivity index (χ3v) is 7.12. The number of hydrogen-bond acceptors (Lipinski definition) is 9. The van der Waals surface area contributed by atoms with Gasteiger partial charge in [0.25, 0.3) is 5.91 Å². The molecule has 0 spiro atoms. The number of morpholine rings is 1.